The van der Waals surface area contributed by atoms with Crippen LogP contribution in [-0.4, -0.2) is 9.78 Å². The summed E-state index contributed by atoms with van der Waals surface area (Å²) >= 11 is 0. The normalized spacial score (nSPS) is 12.3. The van der Waals surface area contributed by atoms with Gasteiger partial charge in [0.2, 0.25) is 0 Å². The molecular formula is C9H14N2. The van der Waals surface area contributed by atoms with Crippen molar-refractivity contribution in [3.8, 4) is 0 Å². The van der Waals surface area contributed by atoms with E-state index in [1.807, 2.05) is 31.7 Å². The van der Waals surface area contributed by atoms with Gasteiger partial charge in [-0.1, -0.05) is 19.9 Å². The highest BCUT2D eigenvalue weighted by molar-refractivity contribution is 5.34. The SMILES string of the molecule is CC.Cc1cc2n(n1)C=CC2. The maximum Gasteiger partial charge on any atom is 0.0600 e. The van der Waals surface area contributed by atoms with E-state index in [0.29, 0.717) is 0 Å². The zero-order valence-corrected chi connectivity index (χ0v) is 7.33. The van der Waals surface area contributed by atoms with Gasteiger partial charge in [0, 0.05) is 18.3 Å². The third-order valence-electron chi connectivity index (χ3n) is 1.51. The second-order valence-corrected chi connectivity index (χ2v) is 2.31. The molecule has 1 aromatic heterocycles. The first-order chi connectivity index (χ1) is 5.36. The number of aryl methyl sites for hydroxylation is 1. The van der Waals surface area contributed by atoms with Gasteiger partial charge in [-0.2, -0.15) is 5.10 Å². The van der Waals surface area contributed by atoms with Crippen molar-refractivity contribution in [1.82, 2.24) is 9.78 Å². The summed E-state index contributed by atoms with van der Waals surface area (Å²) in [5, 5.41) is 4.22. The molecule has 0 aliphatic carbocycles. The fourth-order valence-corrected chi connectivity index (χ4v) is 1.13. The van der Waals surface area contributed by atoms with Crippen molar-refractivity contribution < 1.29 is 0 Å². The molecule has 0 saturated carbocycles. The summed E-state index contributed by atoms with van der Waals surface area (Å²) in [7, 11) is 0. The second-order valence-electron chi connectivity index (χ2n) is 2.31. The Hall–Kier alpha value is -1.05. The van der Waals surface area contributed by atoms with Gasteiger partial charge in [-0.15, -0.1) is 0 Å². The average molecular weight is 150 g/mol. The molecule has 2 rings (SSSR count). The summed E-state index contributed by atoms with van der Waals surface area (Å²) in [6.07, 6.45) is 5.16. The van der Waals surface area contributed by atoms with Crippen LogP contribution in [0.15, 0.2) is 12.1 Å². The van der Waals surface area contributed by atoms with Gasteiger partial charge in [-0.05, 0) is 13.0 Å². The van der Waals surface area contributed by atoms with Gasteiger partial charge >= 0.3 is 0 Å². The number of nitrogens with zero attached hydrogens (tertiary/aromatic N) is 2. The number of rotatable bonds is 0. The molecule has 0 unspecified atom stereocenters. The fourth-order valence-electron chi connectivity index (χ4n) is 1.13. The van der Waals surface area contributed by atoms with Crippen LogP contribution in [0.2, 0.25) is 0 Å². The van der Waals surface area contributed by atoms with E-state index in [9.17, 15) is 0 Å². The van der Waals surface area contributed by atoms with E-state index in [4.69, 9.17) is 0 Å². The molecule has 0 aromatic carbocycles. The van der Waals surface area contributed by atoms with Crippen LogP contribution >= 0.6 is 0 Å². The molecular weight excluding hydrogens is 136 g/mol. The van der Waals surface area contributed by atoms with Crippen LogP contribution in [0.4, 0.5) is 0 Å². The van der Waals surface area contributed by atoms with Crippen LogP contribution in [0.1, 0.15) is 25.2 Å². The van der Waals surface area contributed by atoms with E-state index in [0.717, 1.165) is 12.1 Å². The first-order valence-electron chi connectivity index (χ1n) is 4.08. The fraction of sp³-hybridized carbons (Fsp3) is 0.444. The Balaban J connectivity index is 0.000000281. The maximum absolute atomic E-state index is 4.22. The molecule has 2 heterocycles. The Bertz CT molecular complexity index is 259. The highest BCUT2D eigenvalue weighted by Crippen LogP contribution is 2.10. The van der Waals surface area contributed by atoms with E-state index in [2.05, 4.69) is 17.2 Å². The minimum absolute atomic E-state index is 1.04. The number of fused-ring (bicyclic) bond motifs is 1. The Morgan fingerprint density at radius 1 is 1.45 bits per heavy atom. The molecule has 1 aromatic rings. The molecule has 0 radical (unpaired) electrons. The largest absolute Gasteiger partial charge is 0.245 e. The number of aromatic nitrogens is 2. The molecule has 0 atom stereocenters. The molecule has 11 heavy (non-hydrogen) atoms. The predicted molar refractivity (Wildman–Crippen MR) is 47.3 cm³/mol. The third kappa shape index (κ3) is 1.50. The average Bonchev–Trinajstić information content (AvgIpc) is 2.51. The van der Waals surface area contributed by atoms with E-state index in [1.165, 1.54) is 5.69 Å². The van der Waals surface area contributed by atoms with Crippen molar-refractivity contribution >= 4 is 6.20 Å². The standard InChI is InChI=1S/C7H8N2.C2H6/c1-6-5-7-3-2-4-9(7)8-6;1-2/h2,4-5H,3H2,1H3;1-2H3. The maximum atomic E-state index is 4.22. The van der Waals surface area contributed by atoms with Crippen molar-refractivity contribution in [1.29, 1.82) is 0 Å². The van der Waals surface area contributed by atoms with Gasteiger partial charge in [-0.25, -0.2) is 4.68 Å². The van der Waals surface area contributed by atoms with Gasteiger partial charge in [-0.3, -0.25) is 0 Å². The van der Waals surface area contributed by atoms with Crippen LogP contribution in [0.5, 0.6) is 0 Å². The zero-order valence-electron chi connectivity index (χ0n) is 7.33. The first-order valence-corrected chi connectivity index (χ1v) is 4.08. The zero-order chi connectivity index (χ0) is 8.27. The quantitative estimate of drug-likeness (QED) is 0.554. The Morgan fingerprint density at radius 2 is 2.18 bits per heavy atom. The van der Waals surface area contributed by atoms with Gasteiger partial charge in [0.1, 0.15) is 0 Å². The molecule has 0 bridgehead atoms. The predicted octanol–water partition coefficient (Wildman–Crippen LogP) is 2.24. The molecule has 0 N–H and O–H groups in total. The van der Waals surface area contributed by atoms with Crippen LogP contribution in [-0.2, 0) is 6.42 Å². The molecule has 0 saturated heterocycles. The van der Waals surface area contributed by atoms with Crippen LogP contribution in [0.3, 0.4) is 0 Å². The van der Waals surface area contributed by atoms with E-state index >= 15 is 0 Å². The molecule has 2 heteroatoms. The molecule has 1 aliphatic heterocycles. The second kappa shape index (κ2) is 3.37. The molecule has 2 nitrogen and oxygen atoms in total. The minimum atomic E-state index is 1.04. The molecule has 60 valence electrons. The Kier molecular flexibility index (Phi) is 2.47. The van der Waals surface area contributed by atoms with Crippen molar-refractivity contribution in [2.24, 2.45) is 0 Å². The van der Waals surface area contributed by atoms with E-state index in [1.54, 1.807) is 0 Å². The minimum Gasteiger partial charge on any atom is -0.245 e. The Labute approximate surface area is 67.5 Å². The smallest absolute Gasteiger partial charge is 0.0600 e. The van der Waals surface area contributed by atoms with Crippen molar-refractivity contribution in [2.75, 3.05) is 0 Å². The van der Waals surface area contributed by atoms with E-state index in [-0.39, 0.29) is 0 Å². The van der Waals surface area contributed by atoms with Gasteiger partial charge < -0.3 is 0 Å². The lowest BCUT2D eigenvalue weighted by Gasteiger charge is -1.86. The van der Waals surface area contributed by atoms with Crippen molar-refractivity contribution in [2.45, 2.75) is 27.2 Å². The summed E-state index contributed by atoms with van der Waals surface area (Å²) in [4.78, 5) is 0. The van der Waals surface area contributed by atoms with Crippen molar-refractivity contribution in [3.63, 3.8) is 0 Å². The Morgan fingerprint density at radius 3 is 2.82 bits per heavy atom. The highest BCUT2D eigenvalue weighted by Gasteiger charge is 2.04. The third-order valence-corrected chi connectivity index (χ3v) is 1.51. The molecule has 0 fully saturated rings. The van der Waals surface area contributed by atoms with E-state index < -0.39 is 0 Å². The monoisotopic (exact) mass is 150 g/mol. The van der Waals surface area contributed by atoms with Crippen molar-refractivity contribution in [3.05, 3.63) is 23.5 Å². The highest BCUT2D eigenvalue weighted by atomic mass is 15.3. The summed E-state index contributed by atoms with van der Waals surface area (Å²) < 4.78 is 1.93. The number of hydrogen-bond acceptors (Lipinski definition) is 1. The van der Waals surface area contributed by atoms with Gasteiger partial charge in [0.05, 0.1) is 5.69 Å². The lowest BCUT2D eigenvalue weighted by atomic mass is 10.3. The topological polar surface area (TPSA) is 17.8 Å². The lowest BCUT2D eigenvalue weighted by molar-refractivity contribution is 0.890. The summed E-state index contributed by atoms with van der Waals surface area (Å²) in [5.74, 6) is 0. The molecule has 0 spiro atoms. The van der Waals surface area contributed by atoms with Gasteiger partial charge in [0.15, 0.2) is 0 Å². The van der Waals surface area contributed by atoms with Crippen LogP contribution in [0, 0.1) is 6.92 Å². The summed E-state index contributed by atoms with van der Waals surface area (Å²) in [5.41, 5.74) is 2.40. The van der Waals surface area contributed by atoms with Crippen LogP contribution < -0.4 is 0 Å². The first kappa shape index (κ1) is 8.05. The molecule has 1 aliphatic rings. The summed E-state index contributed by atoms with van der Waals surface area (Å²) in [6.45, 7) is 6.01. The van der Waals surface area contributed by atoms with Crippen LogP contribution in [0.25, 0.3) is 6.20 Å². The number of allylic oxidation sites excluding steroid dienone is 1. The lowest BCUT2D eigenvalue weighted by Crippen LogP contribution is -1.87. The number of hydrogen-bond donors (Lipinski definition) is 0. The van der Waals surface area contributed by atoms with Gasteiger partial charge in [0.25, 0.3) is 0 Å². The summed E-state index contributed by atoms with van der Waals surface area (Å²) in [6, 6.07) is 2.11. The molecule has 0 amide bonds.